The average Bonchev–Trinajstić information content (AvgIpc) is 2.56. The summed E-state index contributed by atoms with van der Waals surface area (Å²) < 4.78 is 78.4. The molecule has 3 aromatic rings. The highest BCUT2D eigenvalue weighted by molar-refractivity contribution is 7.81. The van der Waals surface area contributed by atoms with Crippen molar-refractivity contribution >= 4 is 31.8 Å². The van der Waals surface area contributed by atoms with E-state index >= 15 is 0 Å². The first-order valence-electron chi connectivity index (χ1n) is 7.40. The summed E-state index contributed by atoms with van der Waals surface area (Å²) in [6.45, 7) is 0. The molecular formula is C15H7O13S2-3. The zero-order chi connectivity index (χ0) is 22.4. The van der Waals surface area contributed by atoms with Gasteiger partial charge in [0, 0.05) is 11.6 Å². The highest BCUT2D eigenvalue weighted by atomic mass is 32.3. The fourth-order valence-corrected chi connectivity index (χ4v) is 3.18. The fraction of sp³-hybridized carbons (Fsp3) is 0. The third-order valence-corrected chi connectivity index (χ3v) is 4.26. The molecule has 1 aromatic heterocycles. The van der Waals surface area contributed by atoms with E-state index in [1.54, 1.807) is 0 Å². The van der Waals surface area contributed by atoms with E-state index in [4.69, 9.17) is 4.42 Å². The molecule has 0 amide bonds. The van der Waals surface area contributed by atoms with Crippen LogP contribution in [0.2, 0.25) is 0 Å². The van der Waals surface area contributed by atoms with E-state index in [1.807, 2.05) is 0 Å². The van der Waals surface area contributed by atoms with E-state index in [2.05, 4.69) is 8.37 Å². The maximum Gasteiger partial charge on any atom is 0.262 e. The van der Waals surface area contributed by atoms with Crippen LogP contribution in [0.5, 0.6) is 28.7 Å². The minimum absolute atomic E-state index is 0.350. The Labute approximate surface area is 166 Å². The van der Waals surface area contributed by atoms with Gasteiger partial charge in [0.1, 0.15) is 11.3 Å². The van der Waals surface area contributed by atoms with Gasteiger partial charge in [-0.1, -0.05) is 5.75 Å². The summed E-state index contributed by atoms with van der Waals surface area (Å²) in [4.78, 5) is 12.6. The van der Waals surface area contributed by atoms with Crippen molar-refractivity contribution in [1.82, 2.24) is 0 Å². The first kappa shape index (κ1) is 21.2. The van der Waals surface area contributed by atoms with Crippen molar-refractivity contribution in [3.63, 3.8) is 0 Å². The number of phenolic OH excluding ortho intramolecular Hbond substituents is 2. The zero-order valence-electron chi connectivity index (χ0n) is 14.1. The lowest BCUT2D eigenvalue weighted by Crippen LogP contribution is -2.16. The third kappa shape index (κ3) is 4.38. The Kier molecular flexibility index (Phi) is 4.99. The van der Waals surface area contributed by atoms with Crippen LogP contribution in [0.4, 0.5) is 0 Å². The summed E-state index contributed by atoms with van der Waals surface area (Å²) in [6.07, 6.45) is 0. The van der Waals surface area contributed by atoms with Crippen molar-refractivity contribution in [2.24, 2.45) is 0 Å². The molecule has 0 aliphatic heterocycles. The molecule has 3 rings (SSSR count). The summed E-state index contributed by atoms with van der Waals surface area (Å²) in [5.74, 6) is -5.43. The van der Waals surface area contributed by atoms with Crippen molar-refractivity contribution in [2.75, 3.05) is 0 Å². The highest BCUT2D eigenvalue weighted by Crippen LogP contribution is 2.38. The summed E-state index contributed by atoms with van der Waals surface area (Å²) in [5.41, 5.74) is -2.24. The van der Waals surface area contributed by atoms with Gasteiger partial charge in [0.25, 0.3) is 20.8 Å². The van der Waals surface area contributed by atoms with Gasteiger partial charge in [-0.05, 0) is 24.3 Å². The smallest absolute Gasteiger partial charge is 0.262 e. The molecule has 1 heterocycles. The number of fused-ring (bicyclic) bond motifs is 1. The van der Waals surface area contributed by atoms with Crippen LogP contribution in [0.25, 0.3) is 22.3 Å². The Hall–Kier alpha value is -3.53. The lowest BCUT2D eigenvalue weighted by atomic mass is 10.1. The Balaban J connectivity index is 2.33. The zero-order valence-corrected chi connectivity index (χ0v) is 15.7. The Bertz CT molecular complexity index is 1440. The van der Waals surface area contributed by atoms with E-state index in [1.165, 1.54) is 0 Å². The molecule has 0 saturated heterocycles. The van der Waals surface area contributed by atoms with Gasteiger partial charge in [-0.2, -0.15) is 0 Å². The van der Waals surface area contributed by atoms with E-state index in [-0.39, 0.29) is 5.56 Å². The van der Waals surface area contributed by atoms with Crippen LogP contribution in [0.1, 0.15) is 0 Å². The summed E-state index contributed by atoms with van der Waals surface area (Å²) in [6, 6.07) is 3.83. The monoisotopic (exact) mass is 459 g/mol. The molecule has 0 spiro atoms. The lowest BCUT2D eigenvalue weighted by Gasteiger charge is -2.16. The standard InChI is InChI=1S/C15H10O13S2/c16-7-4-9(18)12-11(5-7)26-14(15(13(12)19)28-30(23,24)25)6-1-2-10(8(17)3-6)27-29(20,21)22/h1-5,16-18H,(H,20,21,22)(H,23,24,25)/p-3. The van der Waals surface area contributed by atoms with Crippen LogP contribution in [-0.2, 0) is 20.8 Å². The van der Waals surface area contributed by atoms with Crippen LogP contribution in [-0.4, -0.2) is 36.2 Å². The van der Waals surface area contributed by atoms with Gasteiger partial charge in [-0.25, -0.2) is 16.8 Å². The largest absolute Gasteiger partial charge is 0.872 e. The van der Waals surface area contributed by atoms with E-state index in [9.17, 15) is 46.1 Å². The maximum atomic E-state index is 12.6. The van der Waals surface area contributed by atoms with Gasteiger partial charge < -0.3 is 37.2 Å². The molecule has 15 heteroatoms. The van der Waals surface area contributed by atoms with Gasteiger partial charge in [0.05, 0.1) is 5.39 Å². The Morgan fingerprint density at radius 1 is 0.933 bits per heavy atom. The predicted molar refractivity (Wildman–Crippen MR) is 91.3 cm³/mol. The van der Waals surface area contributed by atoms with Gasteiger partial charge in [-0.15, -0.1) is 0 Å². The van der Waals surface area contributed by atoms with E-state index in [0.29, 0.717) is 12.1 Å². The molecule has 0 bridgehead atoms. The van der Waals surface area contributed by atoms with Crippen molar-refractivity contribution in [3.8, 4) is 40.1 Å². The topological polar surface area (TPSA) is 227 Å². The second-order valence-corrected chi connectivity index (χ2v) is 7.54. The normalized spacial score (nSPS) is 12.1. The summed E-state index contributed by atoms with van der Waals surface area (Å²) >= 11 is 0. The lowest BCUT2D eigenvalue weighted by molar-refractivity contribution is -0.266. The quantitative estimate of drug-likeness (QED) is 0.367. The molecule has 2 aromatic carbocycles. The first-order chi connectivity index (χ1) is 13.7. The van der Waals surface area contributed by atoms with Crippen LogP contribution in [0, 0.1) is 0 Å². The average molecular weight is 459 g/mol. The molecule has 2 N–H and O–H groups in total. The molecular weight excluding hydrogens is 452 g/mol. The predicted octanol–water partition coefficient (Wildman–Crippen LogP) is -0.377. The molecule has 0 aliphatic carbocycles. The maximum absolute atomic E-state index is 12.6. The van der Waals surface area contributed by atoms with Gasteiger partial charge >= 0.3 is 0 Å². The second kappa shape index (κ2) is 7.06. The molecule has 0 fully saturated rings. The van der Waals surface area contributed by atoms with Gasteiger partial charge in [-0.3, -0.25) is 4.79 Å². The van der Waals surface area contributed by atoms with E-state index < -0.39 is 71.7 Å². The highest BCUT2D eigenvalue weighted by Gasteiger charge is 2.22. The van der Waals surface area contributed by atoms with Crippen LogP contribution >= 0.6 is 0 Å². The molecule has 0 aliphatic rings. The number of rotatable bonds is 5. The molecule has 13 nitrogen and oxygen atoms in total. The summed E-state index contributed by atoms with van der Waals surface area (Å²) in [5, 5.41) is 30.6. The first-order valence-corrected chi connectivity index (χ1v) is 10.1. The van der Waals surface area contributed by atoms with Crippen molar-refractivity contribution in [1.29, 1.82) is 0 Å². The number of hydrogen-bond donors (Lipinski definition) is 2. The van der Waals surface area contributed by atoms with Crippen molar-refractivity contribution in [3.05, 3.63) is 40.6 Å². The van der Waals surface area contributed by atoms with Crippen molar-refractivity contribution in [2.45, 2.75) is 0 Å². The number of benzene rings is 2. The molecule has 0 saturated carbocycles. The van der Waals surface area contributed by atoms with Crippen LogP contribution in [0.3, 0.4) is 0 Å². The minimum atomic E-state index is -5.53. The second-order valence-electron chi connectivity index (χ2n) is 5.57. The number of phenols is 2. The minimum Gasteiger partial charge on any atom is -0.872 e. The molecule has 160 valence electrons. The Morgan fingerprint density at radius 2 is 1.57 bits per heavy atom. The number of hydrogen-bond acceptors (Lipinski definition) is 13. The van der Waals surface area contributed by atoms with Crippen molar-refractivity contribution < 1.29 is 54.0 Å². The van der Waals surface area contributed by atoms with Gasteiger partial charge in [0.15, 0.2) is 17.3 Å². The van der Waals surface area contributed by atoms with Crippen LogP contribution in [0.15, 0.2) is 39.5 Å². The Morgan fingerprint density at radius 3 is 2.13 bits per heavy atom. The molecule has 0 unspecified atom stereocenters. The summed E-state index contributed by atoms with van der Waals surface area (Å²) in [7, 11) is -10.8. The third-order valence-electron chi connectivity index (χ3n) is 3.50. The molecule has 30 heavy (non-hydrogen) atoms. The number of aromatic hydroxyl groups is 2. The van der Waals surface area contributed by atoms with Crippen LogP contribution < -0.4 is 18.9 Å². The molecule has 0 atom stereocenters. The fourth-order valence-electron chi connectivity index (χ4n) is 2.46. The van der Waals surface area contributed by atoms with Gasteiger partial charge in [0.2, 0.25) is 11.2 Å². The SMILES string of the molecule is O=c1c(OS(=O)(=O)[O-])c(-c2ccc(OS(=O)(=O)[O-])c(O)c2)oc2cc(O)cc([O-])c12. The molecule has 0 radical (unpaired) electrons. The van der Waals surface area contributed by atoms with E-state index in [0.717, 1.165) is 18.2 Å².